The van der Waals surface area contributed by atoms with Gasteiger partial charge < -0.3 is 0 Å². The molecule has 2 heteroatoms. The topological polar surface area (TPSA) is 0 Å². The van der Waals surface area contributed by atoms with E-state index in [9.17, 15) is 0 Å². The molecule has 0 aliphatic heterocycles. The lowest BCUT2D eigenvalue weighted by molar-refractivity contribution is -0.597. The maximum Gasteiger partial charge on any atom is 0.357 e. The molecule has 0 atom stereocenters. The van der Waals surface area contributed by atoms with Crippen molar-refractivity contribution in [2.45, 2.75) is 40.5 Å². The van der Waals surface area contributed by atoms with Crippen molar-refractivity contribution in [2.75, 3.05) is 0 Å². The molecule has 0 nitrogen and oxygen atoms in total. The fraction of sp³-hybridized carbons (Fsp3) is 0.182. The van der Waals surface area contributed by atoms with Gasteiger partial charge in [-0.05, 0) is 60.1 Å². The van der Waals surface area contributed by atoms with Gasteiger partial charge in [-0.15, -0.1) is 0 Å². The summed E-state index contributed by atoms with van der Waals surface area (Å²) in [5.41, 5.74) is 8.28. The monoisotopic (exact) mass is 712 g/mol. The van der Waals surface area contributed by atoms with E-state index in [-0.39, 0.29) is 21.2 Å². The van der Waals surface area contributed by atoms with E-state index in [0.717, 1.165) is 11.8 Å². The van der Waals surface area contributed by atoms with E-state index in [1.807, 2.05) is 0 Å². The van der Waals surface area contributed by atoms with Crippen LogP contribution in [0.2, 0.25) is 0 Å². The lowest BCUT2D eigenvalue weighted by Gasteiger charge is -2.44. The predicted molar refractivity (Wildman–Crippen MR) is 197 cm³/mol. The van der Waals surface area contributed by atoms with Crippen LogP contribution in [0.3, 0.4) is 0 Å². The minimum Gasteiger partial charge on any atom is -0.195 e. The largest absolute Gasteiger partial charge is 0.357 e. The Bertz CT molecular complexity index is 1500. The Balaban J connectivity index is 0.000000184. The van der Waals surface area contributed by atoms with Crippen molar-refractivity contribution in [3.05, 3.63) is 188 Å². The van der Waals surface area contributed by atoms with Crippen molar-refractivity contribution < 1.29 is 21.2 Å². The van der Waals surface area contributed by atoms with E-state index < -0.39 is 6.15 Å². The fourth-order valence-corrected chi connectivity index (χ4v) is 8.71. The van der Waals surface area contributed by atoms with Crippen molar-refractivity contribution in [3.63, 3.8) is 0 Å². The van der Waals surface area contributed by atoms with Gasteiger partial charge in [-0.3, -0.25) is 0 Å². The molecular weight excluding hydrogens is 666 g/mol. The SMILES string of the molecule is CC(C)Cc1ccc([I+]c2ccc(CC(C)C)cc2)cc1.c1ccc([B-](c2ccccc2)(c2ccccc2)c2ccccc2)cc1. The molecule has 6 aromatic rings. The smallest absolute Gasteiger partial charge is 0.195 e. The highest BCUT2D eigenvalue weighted by molar-refractivity contribution is 7.19. The molecule has 46 heavy (non-hydrogen) atoms. The van der Waals surface area contributed by atoms with E-state index >= 15 is 0 Å². The molecule has 0 saturated heterocycles. The number of hydrogen-bond acceptors (Lipinski definition) is 0. The standard InChI is InChI=1S/C24H20B.C20H26I/c1-5-13-21(14-6-1)25(22-15-7-2-8-16-22,23-17-9-3-10-18-23)24-19-11-4-12-20-24;1-15(2)13-17-5-9-19(10-6-17)21-20-11-7-18(8-12-20)14-16(3)4/h1-20H;5-12,15-16H,13-14H2,1-4H3/q-1;+1. The van der Waals surface area contributed by atoms with Crippen LogP contribution >= 0.6 is 0 Å². The Morgan fingerprint density at radius 3 is 0.870 bits per heavy atom. The molecule has 0 fully saturated rings. The van der Waals surface area contributed by atoms with E-state index in [2.05, 4.69) is 198 Å². The first kappa shape index (κ1) is 33.5. The molecule has 0 bridgehead atoms. The summed E-state index contributed by atoms with van der Waals surface area (Å²) in [6, 6.07) is 62.1. The van der Waals surface area contributed by atoms with Gasteiger partial charge in [-0.1, -0.05) is 173 Å². The first-order chi connectivity index (χ1) is 22.4. The van der Waals surface area contributed by atoms with E-state index in [0.29, 0.717) is 0 Å². The summed E-state index contributed by atoms with van der Waals surface area (Å²) in [4.78, 5) is 0. The summed E-state index contributed by atoms with van der Waals surface area (Å²) in [7, 11) is 0. The zero-order valence-corrected chi connectivity index (χ0v) is 29.8. The van der Waals surface area contributed by atoms with Gasteiger partial charge in [-0.25, -0.2) is 0 Å². The predicted octanol–water partition coefficient (Wildman–Crippen LogP) is 5.28. The summed E-state index contributed by atoms with van der Waals surface area (Å²) >= 11 is -0.0390. The molecule has 0 aliphatic rings. The van der Waals surface area contributed by atoms with Crippen LogP contribution < -0.4 is 43.1 Å². The summed E-state index contributed by atoms with van der Waals surface area (Å²) in [6.07, 6.45) is 1.15. The average molecular weight is 713 g/mol. The van der Waals surface area contributed by atoms with Crippen LogP contribution in [0.5, 0.6) is 0 Å². The van der Waals surface area contributed by atoms with Crippen molar-refractivity contribution in [2.24, 2.45) is 11.8 Å². The Kier molecular flexibility index (Phi) is 12.1. The van der Waals surface area contributed by atoms with Crippen LogP contribution in [0.25, 0.3) is 0 Å². The van der Waals surface area contributed by atoms with Gasteiger partial charge in [-0.2, -0.15) is 21.9 Å². The van der Waals surface area contributed by atoms with Gasteiger partial charge in [0.05, 0.1) is 0 Å². The summed E-state index contributed by atoms with van der Waals surface area (Å²) in [5, 5.41) is 0. The molecule has 0 aliphatic carbocycles. The Hall–Kier alpha value is -3.89. The number of hydrogen-bond donors (Lipinski definition) is 0. The third kappa shape index (κ3) is 8.67. The molecule has 0 unspecified atom stereocenters. The van der Waals surface area contributed by atoms with E-state index in [1.54, 1.807) is 0 Å². The zero-order valence-electron chi connectivity index (χ0n) is 27.7. The van der Waals surface area contributed by atoms with Crippen molar-refractivity contribution in [3.8, 4) is 0 Å². The Labute approximate surface area is 288 Å². The minimum absolute atomic E-state index is 0.0390. The highest BCUT2D eigenvalue weighted by atomic mass is 127. The van der Waals surface area contributed by atoms with Crippen molar-refractivity contribution in [1.82, 2.24) is 0 Å². The lowest BCUT2D eigenvalue weighted by Crippen LogP contribution is -3.61. The van der Waals surface area contributed by atoms with Crippen LogP contribution in [-0.4, -0.2) is 6.15 Å². The van der Waals surface area contributed by atoms with Crippen LogP contribution in [0.1, 0.15) is 38.8 Å². The van der Waals surface area contributed by atoms with E-state index in [1.165, 1.54) is 53.0 Å². The van der Waals surface area contributed by atoms with Gasteiger partial charge in [0.15, 0.2) is 7.14 Å². The highest BCUT2D eigenvalue weighted by Crippen LogP contribution is 2.10. The second kappa shape index (κ2) is 16.6. The lowest BCUT2D eigenvalue weighted by atomic mass is 9.13. The van der Waals surface area contributed by atoms with Gasteiger partial charge in [0.2, 0.25) is 0 Å². The fourth-order valence-electron chi connectivity index (χ4n) is 6.56. The molecule has 0 amide bonds. The second-order valence-corrected chi connectivity index (χ2v) is 16.1. The van der Waals surface area contributed by atoms with Crippen molar-refractivity contribution >= 4 is 28.0 Å². The average Bonchev–Trinajstić information content (AvgIpc) is 3.09. The summed E-state index contributed by atoms with van der Waals surface area (Å²) < 4.78 is 3.02. The third-order valence-electron chi connectivity index (χ3n) is 8.53. The number of rotatable bonds is 10. The van der Waals surface area contributed by atoms with Crippen LogP contribution in [-0.2, 0) is 12.8 Å². The first-order valence-electron chi connectivity index (χ1n) is 16.7. The summed E-state index contributed by atoms with van der Waals surface area (Å²) in [6.45, 7) is 9.11. The molecule has 0 radical (unpaired) electrons. The molecule has 0 spiro atoms. The maximum atomic E-state index is 2.33. The first-order valence-corrected chi connectivity index (χ1v) is 18.8. The summed E-state index contributed by atoms with van der Waals surface area (Å²) in [5.74, 6) is 1.47. The Morgan fingerprint density at radius 2 is 0.630 bits per heavy atom. The zero-order chi connectivity index (χ0) is 32.2. The van der Waals surface area contributed by atoms with Crippen LogP contribution in [0.4, 0.5) is 0 Å². The molecule has 0 aromatic heterocycles. The quantitative estimate of drug-likeness (QED) is 0.134. The Morgan fingerprint density at radius 1 is 0.370 bits per heavy atom. The minimum atomic E-state index is -1.22. The molecule has 0 N–H and O–H groups in total. The van der Waals surface area contributed by atoms with Gasteiger partial charge in [0, 0.05) is 0 Å². The number of halogens is 1. The molecular formula is C44H46BI. The third-order valence-corrected chi connectivity index (χ3v) is 11.2. The van der Waals surface area contributed by atoms with E-state index in [4.69, 9.17) is 0 Å². The number of benzene rings is 6. The molecule has 6 aromatic carbocycles. The molecule has 232 valence electrons. The van der Waals surface area contributed by atoms with Gasteiger partial charge >= 0.3 is 21.2 Å². The molecule has 0 heterocycles. The molecule has 0 saturated carbocycles. The normalized spacial score (nSPS) is 11.3. The highest BCUT2D eigenvalue weighted by Gasteiger charge is 2.31. The van der Waals surface area contributed by atoms with Crippen molar-refractivity contribution in [1.29, 1.82) is 0 Å². The van der Waals surface area contributed by atoms with Gasteiger partial charge in [0.1, 0.15) is 6.15 Å². The molecule has 6 rings (SSSR count). The van der Waals surface area contributed by atoms with Crippen LogP contribution in [0.15, 0.2) is 170 Å². The van der Waals surface area contributed by atoms with Crippen LogP contribution in [0, 0.1) is 19.0 Å². The van der Waals surface area contributed by atoms with Gasteiger partial charge in [0.25, 0.3) is 0 Å². The maximum absolute atomic E-state index is 2.33. The second-order valence-electron chi connectivity index (χ2n) is 13.1.